The molecule has 0 bridgehead atoms. The van der Waals surface area contributed by atoms with Crippen molar-refractivity contribution in [3.8, 4) is 0 Å². The summed E-state index contributed by atoms with van der Waals surface area (Å²) in [5.41, 5.74) is 0. The largest absolute Gasteiger partial charge is 0.326 e. The molecule has 10 heteroatoms. The van der Waals surface area contributed by atoms with Gasteiger partial charge < -0.3 is 9.79 Å². The molecule has 3 N–H and O–H groups in total. The predicted octanol–water partition coefficient (Wildman–Crippen LogP) is -0.428. The van der Waals surface area contributed by atoms with Crippen molar-refractivity contribution in [1.82, 2.24) is 15.4 Å². The second kappa shape index (κ2) is 7.15. The molecule has 0 aliphatic heterocycles. The van der Waals surface area contributed by atoms with E-state index >= 15 is 0 Å². The minimum Gasteiger partial charge on any atom is -0.326 e. The van der Waals surface area contributed by atoms with E-state index in [1.54, 1.807) is 12.4 Å². The zero-order valence-electron chi connectivity index (χ0n) is 5.67. The highest BCUT2D eigenvalue weighted by molar-refractivity contribution is 7.46. The maximum atomic E-state index is 9.44. The Hall–Kier alpha value is -0.520. The quantitative estimate of drug-likeness (QED) is 0.571. The number of aromatic amines is 1. The molecule has 1 heterocycles. The van der Waals surface area contributed by atoms with Gasteiger partial charge in [-0.05, 0) is 0 Å². The molecule has 2 atom stereocenters. The molecule has 70 valence electrons. The number of nitrogens with zero attached hydrogens (tertiary/aromatic N) is 2. The fraction of sp³-hybridized carbons (Fsp3) is 0. The Morgan fingerprint density at radius 3 is 2.00 bits per heavy atom. The molecule has 0 aliphatic carbocycles. The summed E-state index contributed by atoms with van der Waals surface area (Å²) >= 11 is 0. The van der Waals surface area contributed by atoms with Crippen LogP contribution in [0.15, 0.2) is 12.4 Å². The Bertz CT molecular complexity index is 208. The van der Waals surface area contributed by atoms with Crippen molar-refractivity contribution in [3.05, 3.63) is 12.4 Å². The Morgan fingerprint density at radius 1 is 1.33 bits per heavy atom. The molecule has 0 saturated heterocycles. The zero-order valence-corrected chi connectivity index (χ0v) is 7.67. The molecule has 1 rings (SSSR count). The second-order valence-electron chi connectivity index (χ2n) is 1.29. The van der Waals surface area contributed by atoms with Gasteiger partial charge in [0.05, 0.1) is 6.20 Å². The molecule has 0 aliphatic rings. The van der Waals surface area contributed by atoms with E-state index in [1.165, 1.54) is 0 Å². The molecule has 0 amide bonds. The van der Waals surface area contributed by atoms with Crippen LogP contribution < -0.4 is 0 Å². The van der Waals surface area contributed by atoms with Crippen LogP contribution in [0.4, 0.5) is 0 Å². The van der Waals surface area contributed by atoms with Crippen molar-refractivity contribution in [2.75, 3.05) is 0 Å². The van der Waals surface area contributed by atoms with E-state index in [9.17, 15) is 9.13 Å². The van der Waals surface area contributed by atoms with E-state index < -0.39 is 16.5 Å². The van der Waals surface area contributed by atoms with Crippen LogP contribution in [-0.2, 0) is 13.4 Å². The summed E-state index contributed by atoms with van der Waals surface area (Å²) in [5.74, 6) is 0. The van der Waals surface area contributed by atoms with Crippen LogP contribution in [0.2, 0.25) is 0 Å². The van der Waals surface area contributed by atoms with Crippen LogP contribution in [0, 0.1) is 0 Å². The summed E-state index contributed by atoms with van der Waals surface area (Å²) in [7, 11) is -6.40. The standard InChI is InChI=1S/C2H3N3.H4O5P2/c1-2-4-5-3-1;1-6(2)5-7(3)4/h1-2H,(H,3,4,5);6-7H,(H,1,2)(H,3,4). The number of hydrogen-bond donors (Lipinski definition) is 3. The summed E-state index contributed by atoms with van der Waals surface area (Å²) in [6, 6.07) is 0. The fourth-order valence-electron chi connectivity index (χ4n) is 0.241. The van der Waals surface area contributed by atoms with Crippen molar-refractivity contribution in [1.29, 1.82) is 0 Å². The molecule has 0 radical (unpaired) electrons. The molecule has 0 aromatic carbocycles. The van der Waals surface area contributed by atoms with Crippen LogP contribution in [0.1, 0.15) is 0 Å². The molecular formula is C2H7N3O5P2. The first-order valence-electron chi connectivity index (χ1n) is 2.57. The molecule has 1 aromatic heterocycles. The van der Waals surface area contributed by atoms with Gasteiger partial charge in [-0.2, -0.15) is 0 Å². The third kappa shape index (κ3) is 9.48. The average Bonchev–Trinajstić information content (AvgIpc) is 2.36. The van der Waals surface area contributed by atoms with E-state index in [0.29, 0.717) is 0 Å². The van der Waals surface area contributed by atoms with E-state index in [2.05, 4.69) is 19.7 Å². The number of nitrogens with one attached hydrogen (secondary N) is 1. The maximum Gasteiger partial charge on any atom is 0.323 e. The van der Waals surface area contributed by atoms with Crippen molar-refractivity contribution >= 4 is 16.5 Å². The van der Waals surface area contributed by atoms with Crippen molar-refractivity contribution < 1.29 is 23.2 Å². The minimum absolute atomic E-state index is 1.58. The Labute approximate surface area is 68.5 Å². The lowest BCUT2D eigenvalue weighted by Gasteiger charge is -1.86. The molecule has 1 aromatic rings. The molecule has 0 fully saturated rings. The number of hydrogen-bond acceptors (Lipinski definition) is 5. The summed E-state index contributed by atoms with van der Waals surface area (Å²) in [5, 5.41) is 9.26. The van der Waals surface area contributed by atoms with Gasteiger partial charge in [0.15, 0.2) is 0 Å². The van der Waals surface area contributed by atoms with Crippen molar-refractivity contribution in [3.63, 3.8) is 0 Å². The van der Waals surface area contributed by atoms with Gasteiger partial charge in [0.25, 0.3) is 0 Å². The number of rotatable bonds is 2. The summed E-state index contributed by atoms with van der Waals surface area (Å²) in [6.45, 7) is 0. The van der Waals surface area contributed by atoms with E-state index in [4.69, 9.17) is 9.79 Å². The van der Waals surface area contributed by atoms with Crippen LogP contribution in [0.3, 0.4) is 0 Å². The lowest BCUT2D eigenvalue weighted by molar-refractivity contribution is 0.371. The Morgan fingerprint density at radius 2 is 1.92 bits per heavy atom. The Balaban J connectivity index is 0.000000211. The molecule has 12 heavy (non-hydrogen) atoms. The monoisotopic (exact) mass is 215 g/mol. The van der Waals surface area contributed by atoms with Crippen LogP contribution in [-0.4, -0.2) is 25.2 Å². The van der Waals surface area contributed by atoms with Gasteiger partial charge in [-0.25, -0.2) is 4.31 Å². The molecule has 2 unspecified atom stereocenters. The van der Waals surface area contributed by atoms with Crippen molar-refractivity contribution in [2.45, 2.75) is 0 Å². The smallest absolute Gasteiger partial charge is 0.323 e. The molecule has 8 nitrogen and oxygen atoms in total. The average molecular weight is 215 g/mol. The van der Waals surface area contributed by atoms with Gasteiger partial charge in [0.2, 0.25) is 0 Å². The second-order valence-corrected chi connectivity index (χ2v) is 3.17. The van der Waals surface area contributed by atoms with Gasteiger partial charge in [-0.1, -0.05) is 5.21 Å². The number of H-pyrrole nitrogens is 1. The summed E-state index contributed by atoms with van der Waals surface area (Å²) in [6.07, 6.45) is 3.24. The lowest BCUT2D eigenvalue weighted by Crippen LogP contribution is -1.61. The van der Waals surface area contributed by atoms with Crippen LogP contribution in [0.5, 0.6) is 0 Å². The zero-order chi connectivity index (χ0) is 9.40. The molecule has 0 saturated carbocycles. The van der Waals surface area contributed by atoms with Gasteiger partial charge in [-0.15, -0.1) is 5.10 Å². The predicted molar refractivity (Wildman–Crippen MR) is 39.9 cm³/mol. The maximum absolute atomic E-state index is 9.44. The third-order valence-electron chi connectivity index (χ3n) is 0.506. The van der Waals surface area contributed by atoms with Gasteiger partial charge in [0, 0.05) is 6.20 Å². The topological polar surface area (TPSA) is 125 Å². The fourth-order valence-corrected chi connectivity index (χ4v) is 0.839. The van der Waals surface area contributed by atoms with Crippen LogP contribution in [0.25, 0.3) is 0 Å². The summed E-state index contributed by atoms with van der Waals surface area (Å²) in [4.78, 5) is 15.4. The SMILES string of the molecule is O=[PH](O)O[PH](=O)O.c1c[nH]nn1. The first-order chi connectivity index (χ1) is 5.63. The Kier molecular flexibility index (Phi) is 6.84. The van der Waals surface area contributed by atoms with Crippen molar-refractivity contribution in [2.24, 2.45) is 0 Å². The first-order valence-corrected chi connectivity index (χ1v) is 5.09. The van der Waals surface area contributed by atoms with Gasteiger partial charge in [-0.3, -0.25) is 14.2 Å². The third-order valence-corrected chi connectivity index (χ3v) is 1.90. The normalized spacial score (nSPS) is 14.2. The number of aromatic nitrogens is 3. The molecular weight excluding hydrogens is 208 g/mol. The lowest BCUT2D eigenvalue weighted by atomic mass is 11.0. The highest BCUT2D eigenvalue weighted by Crippen LogP contribution is 2.30. The van der Waals surface area contributed by atoms with E-state index in [0.717, 1.165) is 0 Å². The first kappa shape index (κ1) is 11.5. The van der Waals surface area contributed by atoms with E-state index in [1.807, 2.05) is 0 Å². The molecule has 0 spiro atoms. The highest BCUT2D eigenvalue weighted by atomic mass is 31.2. The van der Waals surface area contributed by atoms with E-state index in [-0.39, 0.29) is 0 Å². The minimum atomic E-state index is -3.20. The summed E-state index contributed by atoms with van der Waals surface area (Å²) < 4.78 is 22.3. The van der Waals surface area contributed by atoms with Gasteiger partial charge >= 0.3 is 16.5 Å². The van der Waals surface area contributed by atoms with Crippen LogP contribution >= 0.6 is 16.5 Å². The highest BCUT2D eigenvalue weighted by Gasteiger charge is 1.93. The van der Waals surface area contributed by atoms with Gasteiger partial charge in [0.1, 0.15) is 0 Å².